The molecule has 1 aromatic carbocycles. The van der Waals surface area contributed by atoms with Gasteiger partial charge < -0.3 is 4.74 Å². The van der Waals surface area contributed by atoms with Crippen LogP contribution in [0.1, 0.15) is 24.3 Å². The molecule has 1 aliphatic carbocycles. The first-order valence-corrected chi connectivity index (χ1v) is 4.75. The molecule has 0 heterocycles. The van der Waals surface area contributed by atoms with Gasteiger partial charge in [0.2, 0.25) is 0 Å². The van der Waals surface area contributed by atoms with Gasteiger partial charge in [0.25, 0.3) is 0 Å². The summed E-state index contributed by atoms with van der Waals surface area (Å²) in [6.07, 6.45) is -2.07. The summed E-state index contributed by atoms with van der Waals surface area (Å²) >= 11 is 0. The largest absolute Gasteiger partial charge is 0.484 e. The van der Waals surface area contributed by atoms with Crippen molar-refractivity contribution in [2.45, 2.75) is 24.9 Å². The Bertz CT molecular complexity index is 342. The van der Waals surface area contributed by atoms with Gasteiger partial charge >= 0.3 is 6.18 Å². The lowest BCUT2D eigenvalue weighted by Gasteiger charge is -2.09. The number of hydrogen-bond acceptors (Lipinski definition) is 1. The molecule has 0 bridgehead atoms. The van der Waals surface area contributed by atoms with E-state index in [1.54, 1.807) is 12.1 Å². The van der Waals surface area contributed by atoms with E-state index in [4.69, 9.17) is 0 Å². The zero-order valence-electron chi connectivity index (χ0n) is 7.97. The molecule has 0 saturated heterocycles. The molecule has 1 nitrogen and oxygen atoms in total. The Morgan fingerprint density at radius 3 is 2.67 bits per heavy atom. The van der Waals surface area contributed by atoms with Crippen molar-refractivity contribution in [3.63, 3.8) is 0 Å². The minimum absolute atomic E-state index is 0.247. The molecule has 1 radical (unpaired) electrons. The van der Waals surface area contributed by atoms with Crippen LogP contribution in [0.25, 0.3) is 0 Å². The molecule has 0 N–H and O–H groups in total. The molecule has 2 rings (SSSR count). The normalized spacial score (nSPS) is 16.5. The van der Waals surface area contributed by atoms with Crippen molar-refractivity contribution in [1.29, 1.82) is 0 Å². The Morgan fingerprint density at radius 2 is 2.07 bits per heavy atom. The Balaban J connectivity index is 1.99. The topological polar surface area (TPSA) is 9.23 Å². The molecular formula is C11H10F3O. The highest BCUT2D eigenvalue weighted by Crippen LogP contribution is 2.40. The van der Waals surface area contributed by atoms with Gasteiger partial charge in [0.15, 0.2) is 6.61 Å². The molecule has 81 valence electrons. The maximum atomic E-state index is 11.9. The summed E-state index contributed by atoms with van der Waals surface area (Å²) in [5, 5.41) is 0. The highest BCUT2D eigenvalue weighted by Gasteiger charge is 2.29. The summed E-state index contributed by atoms with van der Waals surface area (Å²) in [4.78, 5) is 0. The summed E-state index contributed by atoms with van der Waals surface area (Å²) in [5.41, 5.74) is 1.02. The van der Waals surface area contributed by atoms with Gasteiger partial charge in [-0.25, -0.2) is 0 Å². The third-order valence-electron chi connectivity index (χ3n) is 2.24. The molecule has 0 aliphatic heterocycles. The molecule has 0 unspecified atom stereocenters. The first-order chi connectivity index (χ1) is 7.04. The Hall–Kier alpha value is -1.19. The molecule has 0 amide bonds. The van der Waals surface area contributed by atoms with Gasteiger partial charge in [-0.05, 0) is 42.5 Å². The van der Waals surface area contributed by atoms with Crippen LogP contribution >= 0.6 is 0 Å². The van der Waals surface area contributed by atoms with Gasteiger partial charge in [0.05, 0.1) is 0 Å². The van der Waals surface area contributed by atoms with Crippen LogP contribution in [-0.2, 0) is 0 Å². The molecule has 1 aromatic rings. The fourth-order valence-corrected chi connectivity index (χ4v) is 1.37. The van der Waals surface area contributed by atoms with Crippen LogP contribution in [0.5, 0.6) is 5.75 Å². The third kappa shape index (κ3) is 3.15. The summed E-state index contributed by atoms with van der Waals surface area (Å²) in [6.45, 7) is -1.24. The van der Waals surface area contributed by atoms with E-state index in [-0.39, 0.29) is 5.75 Å². The van der Waals surface area contributed by atoms with Crippen LogP contribution in [0.15, 0.2) is 18.2 Å². The van der Waals surface area contributed by atoms with Crippen LogP contribution in [0.3, 0.4) is 0 Å². The van der Waals surface area contributed by atoms with Crippen molar-refractivity contribution in [2.75, 3.05) is 6.61 Å². The van der Waals surface area contributed by atoms with Gasteiger partial charge in [-0.1, -0.05) is 6.07 Å². The Labute approximate surface area is 85.9 Å². The van der Waals surface area contributed by atoms with Gasteiger partial charge in [-0.3, -0.25) is 0 Å². The van der Waals surface area contributed by atoms with Gasteiger partial charge in [-0.2, -0.15) is 13.2 Å². The van der Waals surface area contributed by atoms with Crippen LogP contribution in [0, 0.1) is 6.07 Å². The van der Waals surface area contributed by atoms with E-state index < -0.39 is 12.8 Å². The molecule has 1 saturated carbocycles. The van der Waals surface area contributed by atoms with E-state index in [2.05, 4.69) is 10.8 Å². The molecule has 0 aromatic heterocycles. The Morgan fingerprint density at radius 1 is 1.33 bits per heavy atom. The SMILES string of the molecule is FC(F)(F)COc1c[c]cc(C2CC2)c1. The second-order valence-corrected chi connectivity index (χ2v) is 3.68. The summed E-state index contributed by atoms with van der Waals surface area (Å²) in [5.74, 6) is 0.743. The predicted molar refractivity (Wildman–Crippen MR) is 48.8 cm³/mol. The Kier molecular flexibility index (Phi) is 2.59. The van der Waals surface area contributed by atoms with Crippen LogP contribution in [0.2, 0.25) is 0 Å². The lowest BCUT2D eigenvalue weighted by Crippen LogP contribution is -2.19. The second-order valence-electron chi connectivity index (χ2n) is 3.68. The van der Waals surface area contributed by atoms with Crippen molar-refractivity contribution in [2.24, 2.45) is 0 Å². The van der Waals surface area contributed by atoms with Gasteiger partial charge in [0.1, 0.15) is 5.75 Å². The van der Waals surface area contributed by atoms with E-state index >= 15 is 0 Å². The first-order valence-electron chi connectivity index (χ1n) is 4.75. The number of alkyl halides is 3. The average Bonchev–Trinajstić information content (AvgIpc) is 2.97. The van der Waals surface area contributed by atoms with Crippen molar-refractivity contribution in [3.05, 3.63) is 29.8 Å². The zero-order valence-corrected chi connectivity index (χ0v) is 7.97. The van der Waals surface area contributed by atoms with Crippen LogP contribution in [0.4, 0.5) is 13.2 Å². The third-order valence-corrected chi connectivity index (χ3v) is 2.24. The smallest absolute Gasteiger partial charge is 0.422 e. The van der Waals surface area contributed by atoms with Crippen molar-refractivity contribution < 1.29 is 17.9 Å². The second kappa shape index (κ2) is 3.76. The molecule has 0 atom stereocenters. The highest BCUT2D eigenvalue weighted by atomic mass is 19.4. The van der Waals surface area contributed by atoms with Crippen molar-refractivity contribution >= 4 is 0 Å². The number of hydrogen-bond donors (Lipinski definition) is 0. The average molecular weight is 215 g/mol. The quantitative estimate of drug-likeness (QED) is 0.751. The van der Waals surface area contributed by atoms with E-state index in [1.807, 2.05) is 0 Å². The van der Waals surface area contributed by atoms with Gasteiger partial charge in [-0.15, -0.1) is 0 Å². The monoisotopic (exact) mass is 215 g/mol. The maximum Gasteiger partial charge on any atom is 0.422 e. The number of rotatable bonds is 3. The minimum Gasteiger partial charge on any atom is -0.484 e. The van der Waals surface area contributed by atoms with E-state index in [1.165, 1.54) is 6.07 Å². The van der Waals surface area contributed by atoms with E-state index in [0.29, 0.717) is 5.92 Å². The van der Waals surface area contributed by atoms with Gasteiger partial charge in [0, 0.05) is 0 Å². The number of ether oxygens (including phenoxy) is 1. The fourth-order valence-electron chi connectivity index (χ4n) is 1.37. The number of benzene rings is 1. The molecule has 0 spiro atoms. The standard InChI is InChI=1S/C11H10F3O/c12-11(13,14)7-15-10-3-1-2-9(6-10)8-4-5-8/h2-3,6,8H,4-5,7H2. The summed E-state index contributed by atoms with van der Waals surface area (Å²) in [7, 11) is 0. The van der Waals surface area contributed by atoms with Crippen LogP contribution < -0.4 is 4.74 Å². The maximum absolute atomic E-state index is 11.9. The van der Waals surface area contributed by atoms with Crippen molar-refractivity contribution in [1.82, 2.24) is 0 Å². The minimum atomic E-state index is -4.28. The molecule has 1 fully saturated rings. The highest BCUT2D eigenvalue weighted by molar-refractivity contribution is 5.32. The van der Waals surface area contributed by atoms with E-state index in [9.17, 15) is 13.2 Å². The molecule has 4 heteroatoms. The molecule has 15 heavy (non-hydrogen) atoms. The molecular weight excluding hydrogens is 205 g/mol. The molecule has 1 aliphatic rings. The number of halogens is 3. The zero-order chi connectivity index (χ0) is 10.9. The first kappa shape index (κ1) is 10.3. The predicted octanol–water partition coefficient (Wildman–Crippen LogP) is 3.31. The van der Waals surface area contributed by atoms with E-state index in [0.717, 1.165) is 18.4 Å². The fraction of sp³-hybridized carbons (Fsp3) is 0.455. The van der Waals surface area contributed by atoms with Crippen molar-refractivity contribution in [3.8, 4) is 5.75 Å². The lowest BCUT2D eigenvalue weighted by molar-refractivity contribution is -0.153. The lowest BCUT2D eigenvalue weighted by atomic mass is 10.1. The summed E-state index contributed by atoms with van der Waals surface area (Å²) < 4.78 is 40.3. The van der Waals surface area contributed by atoms with Crippen LogP contribution in [-0.4, -0.2) is 12.8 Å². The summed E-state index contributed by atoms with van der Waals surface area (Å²) in [6, 6.07) is 7.69.